The number of carbonyl (C=O) groups excluding carboxylic acids is 2. The molecule has 2 saturated heterocycles. The Labute approximate surface area is 142 Å². The van der Waals surface area contributed by atoms with Crippen LogP contribution in [-0.4, -0.2) is 35.0 Å². The number of rotatable bonds is 3. The molecule has 0 aliphatic carbocycles. The van der Waals surface area contributed by atoms with Gasteiger partial charge in [0.1, 0.15) is 5.60 Å². The molecule has 1 aromatic carbocycles. The minimum Gasteiger partial charge on any atom is -0.550 e. The fourth-order valence-corrected chi connectivity index (χ4v) is 4.31. The number of hydrogen-bond acceptors (Lipinski definition) is 4. The average Bonchev–Trinajstić information content (AvgIpc) is 3.15. The summed E-state index contributed by atoms with van der Waals surface area (Å²) in [4.78, 5) is 26.1. The monoisotopic (exact) mass is 376 g/mol. The number of amides is 1. The van der Waals surface area contributed by atoms with E-state index in [0.717, 1.165) is 10.0 Å². The van der Waals surface area contributed by atoms with Crippen LogP contribution in [0.1, 0.15) is 18.5 Å². The summed E-state index contributed by atoms with van der Waals surface area (Å²) in [5.74, 6) is -2.95. The van der Waals surface area contributed by atoms with Crippen molar-refractivity contribution in [3.63, 3.8) is 0 Å². The summed E-state index contributed by atoms with van der Waals surface area (Å²) in [6, 6.07) is 7.62. The number of carboxylic acid groups (broad SMARTS) is 1. The second kappa shape index (κ2) is 4.92. The molecular formula is C17H15BrNO4-. The van der Waals surface area contributed by atoms with Crippen LogP contribution in [0.4, 0.5) is 0 Å². The van der Waals surface area contributed by atoms with Gasteiger partial charge in [-0.25, -0.2) is 0 Å². The highest BCUT2D eigenvalue weighted by Gasteiger charge is 2.65. The Balaban J connectivity index is 1.66. The van der Waals surface area contributed by atoms with Crippen molar-refractivity contribution in [3.8, 4) is 0 Å². The molecule has 0 saturated carbocycles. The van der Waals surface area contributed by atoms with Crippen molar-refractivity contribution in [2.24, 2.45) is 11.8 Å². The van der Waals surface area contributed by atoms with Crippen molar-refractivity contribution in [2.45, 2.75) is 24.7 Å². The molecule has 120 valence electrons. The van der Waals surface area contributed by atoms with E-state index in [1.54, 1.807) is 11.0 Å². The zero-order chi connectivity index (χ0) is 16.4. The zero-order valence-corrected chi connectivity index (χ0v) is 14.0. The summed E-state index contributed by atoms with van der Waals surface area (Å²) in [5, 5.41) is 11.5. The van der Waals surface area contributed by atoms with E-state index in [1.165, 1.54) is 0 Å². The van der Waals surface area contributed by atoms with Crippen molar-refractivity contribution >= 4 is 27.8 Å². The molecule has 3 aliphatic heterocycles. The Kier molecular flexibility index (Phi) is 3.19. The number of fused-ring (bicyclic) bond motifs is 1. The lowest BCUT2D eigenvalue weighted by atomic mass is 9.77. The SMILES string of the molecule is C[C@H](c1ccc(Br)cc1)N1C[C@]23C=C[C@H](O2)[C@@H](C(=O)[O-])[C@@H]3C1=O. The lowest BCUT2D eigenvalue weighted by Crippen LogP contribution is -2.45. The number of likely N-dealkylation sites (tertiary alicyclic amines) is 1. The van der Waals surface area contributed by atoms with Gasteiger partial charge >= 0.3 is 0 Å². The number of ether oxygens (including phenoxy) is 1. The number of benzene rings is 1. The first-order valence-corrected chi connectivity index (χ1v) is 8.36. The molecule has 23 heavy (non-hydrogen) atoms. The summed E-state index contributed by atoms with van der Waals surface area (Å²) >= 11 is 3.40. The predicted molar refractivity (Wildman–Crippen MR) is 83.0 cm³/mol. The number of carboxylic acids is 1. The normalized spacial score (nSPS) is 35.7. The molecule has 3 heterocycles. The highest BCUT2D eigenvalue weighted by atomic mass is 79.9. The van der Waals surface area contributed by atoms with Gasteiger partial charge in [0.05, 0.1) is 24.6 Å². The number of aliphatic carboxylic acids is 1. The van der Waals surface area contributed by atoms with Crippen LogP contribution in [0.3, 0.4) is 0 Å². The molecule has 6 heteroatoms. The molecule has 2 fully saturated rings. The highest BCUT2D eigenvalue weighted by Crippen LogP contribution is 2.53. The highest BCUT2D eigenvalue weighted by molar-refractivity contribution is 9.10. The summed E-state index contributed by atoms with van der Waals surface area (Å²) in [6.45, 7) is 2.33. The second-order valence-electron chi connectivity index (χ2n) is 6.41. The first kappa shape index (κ1) is 14.9. The van der Waals surface area contributed by atoms with Crippen LogP contribution in [0.25, 0.3) is 0 Å². The third-order valence-corrected chi connectivity index (χ3v) is 5.75. The zero-order valence-electron chi connectivity index (χ0n) is 12.4. The van der Waals surface area contributed by atoms with Crippen molar-refractivity contribution < 1.29 is 19.4 Å². The van der Waals surface area contributed by atoms with E-state index in [2.05, 4.69) is 15.9 Å². The van der Waals surface area contributed by atoms with Crippen LogP contribution in [0, 0.1) is 11.8 Å². The summed E-state index contributed by atoms with van der Waals surface area (Å²) < 4.78 is 6.83. The molecule has 0 radical (unpaired) electrons. The third-order valence-electron chi connectivity index (χ3n) is 5.22. The maximum atomic E-state index is 12.9. The second-order valence-corrected chi connectivity index (χ2v) is 7.33. The Bertz CT molecular complexity index is 716. The fourth-order valence-electron chi connectivity index (χ4n) is 4.05. The third kappa shape index (κ3) is 2.01. The van der Waals surface area contributed by atoms with Crippen LogP contribution >= 0.6 is 15.9 Å². The maximum Gasteiger partial charge on any atom is 0.230 e. The molecule has 0 aromatic heterocycles. The van der Waals surface area contributed by atoms with Crippen molar-refractivity contribution in [3.05, 3.63) is 46.5 Å². The van der Waals surface area contributed by atoms with Crippen LogP contribution in [-0.2, 0) is 14.3 Å². The lowest BCUT2D eigenvalue weighted by molar-refractivity contribution is -0.313. The molecule has 0 unspecified atom stereocenters. The van der Waals surface area contributed by atoms with E-state index >= 15 is 0 Å². The molecular weight excluding hydrogens is 362 g/mol. The minimum absolute atomic E-state index is 0.144. The molecule has 2 bridgehead atoms. The van der Waals surface area contributed by atoms with Gasteiger partial charge in [-0.2, -0.15) is 0 Å². The van der Waals surface area contributed by atoms with E-state index in [0.29, 0.717) is 6.54 Å². The van der Waals surface area contributed by atoms with E-state index in [1.807, 2.05) is 37.3 Å². The van der Waals surface area contributed by atoms with Gasteiger partial charge in [0, 0.05) is 16.4 Å². The van der Waals surface area contributed by atoms with E-state index < -0.39 is 29.5 Å². The molecule has 5 atom stereocenters. The van der Waals surface area contributed by atoms with Gasteiger partial charge in [0.25, 0.3) is 0 Å². The van der Waals surface area contributed by atoms with Crippen LogP contribution in [0.2, 0.25) is 0 Å². The number of carbonyl (C=O) groups is 2. The van der Waals surface area contributed by atoms with Gasteiger partial charge in [-0.05, 0) is 24.6 Å². The van der Waals surface area contributed by atoms with Gasteiger partial charge in [-0.15, -0.1) is 0 Å². The Morgan fingerprint density at radius 1 is 1.43 bits per heavy atom. The molecule has 0 N–H and O–H groups in total. The molecule has 3 aliphatic rings. The van der Waals surface area contributed by atoms with Gasteiger partial charge < -0.3 is 19.5 Å². The first-order chi connectivity index (χ1) is 10.9. The van der Waals surface area contributed by atoms with Crippen LogP contribution < -0.4 is 5.11 Å². The Morgan fingerprint density at radius 3 is 2.78 bits per heavy atom. The van der Waals surface area contributed by atoms with Gasteiger partial charge in [-0.1, -0.05) is 40.2 Å². The molecule has 4 rings (SSSR count). The summed E-state index contributed by atoms with van der Waals surface area (Å²) in [6.07, 6.45) is 3.06. The molecule has 1 spiro atoms. The first-order valence-electron chi connectivity index (χ1n) is 7.57. The fraction of sp³-hybridized carbons (Fsp3) is 0.412. The van der Waals surface area contributed by atoms with E-state index in [-0.39, 0.29) is 11.9 Å². The lowest BCUT2D eigenvalue weighted by Gasteiger charge is -2.28. The number of halogens is 1. The predicted octanol–water partition coefficient (Wildman–Crippen LogP) is 1.04. The Morgan fingerprint density at radius 2 is 2.13 bits per heavy atom. The summed E-state index contributed by atoms with van der Waals surface area (Å²) in [5.41, 5.74) is 0.192. The largest absolute Gasteiger partial charge is 0.550 e. The van der Waals surface area contributed by atoms with Gasteiger partial charge in [0.15, 0.2) is 0 Å². The van der Waals surface area contributed by atoms with Crippen molar-refractivity contribution in [2.75, 3.05) is 6.54 Å². The molecule has 5 nitrogen and oxygen atoms in total. The van der Waals surface area contributed by atoms with Crippen molar-refractivity contribution in [1.82, 2.24) is 4.90 Å². The number of hydrogen-bond donors (Lipinski definition) is 0. The topological polar surface area (TPSA) is 69.7 Å². The Hall–Kier alpha value is -1.66. The van der Waals surface area contributed by atoms with Crippen LogP contribution in [0.15, 0.2) is 40.9 Å². The smallest absolute Gasteiger partial charge is 0.230 e. The standard InChI is InChI=1S/C17H16BrNO4/c1-9(10-2-4-11(18)5-3-10)19-8-17-7-6-12(23-17)13(16(21)22)14(17)15(19)20/h2-7,9,12-14H,8H2,1H3,(H,21,22)/p-1/t9-,12+,13-,14-,17+/m1/s1. The molecule has 1 amide bonds. The summed E-state index contributed by atoms with van der Waals surface area (Å²) in [7, 11) is 0. The van der Waals surface area contributed by atoms with Crippen molar-refractivity contribution in [1.29, 1.82) is 0 Å². The van der Waals surface area contributed by atoms with Gasteiger partial charge in [0.2, 0.25) is 5.91 Å². The van der Waals surface area contributed by atoms with E-state index in [4.69, 9.17) is 4.74 Å². The van der Waals surface area contributed by atoms with Gasteiger partial charge in [-0.3, -0.25) is 4.79 Å². The van der Waals surface area contributed by atoms with Crippen LogP contribution in [0.5, 0.6) is 0 Å². The minimum atomic E-state index is -1.21. The maximum absolute atomic E-state index is 12.9. The molecule has 1 aromatic rings. The average molecular weight is 377 g/mol. The van der Waals surface area contributed by atoms with E-state index in [9.17, 15) is 14.7 Å². The quantitative estimate of drug-likeness (QED) is 0.739. The number of nitrogens with zero attached hydrogens (tertiary/aromatic N) is 1.